The zero-order chi connectivity index (χ0) is 10.1. The molecule has 1 aromatic rings. The highest BCUT2D eigenvalue weighted by Gasteiger charge is 2.33. The summed E-state index contributed by atoms with van der Waals surface area (Å²) in [6.45, 7) is 0. The number of pyridine rings is 1. The minimum atomic E-state index is -4.47. The maximum absolute atomic E-state index is 12.2. The summed E-state index contributed by atoms with van der Waals surface area (Å²) in [5.74, 6) is 0. The fourth-order valence-electron chi connectivity index (χ4n) is 0.761. The molecule has 0 radical (unpaired) electrons. The van der Waals surface area contributed by atoms with Gasteiger partial charge in [-0.05, 0) is 22.0 Å². The number of carbonyl (C=O) groups excluding carboxylic acids is 1. The van der Waals surface area contributed by atoms with E-state index in [-0.39, 0.29) is 16.5 Å². The molecule has 0 bridgehead atoms. The summed E-state index contributed by atoms with van der Waals surface area (Å²) < 4.78 is 36.3. The molecule has 0 unspecified atom stereocenters. The van der Waals surface area contributed by atoms with Gasteiger partial charge in [-0.15, -0.1) is 0 Å². The van der Waals surface area contributed by atoms with E-state index in [0.717, 1.165) is 12.3 Å². The number of nitrogens with zero attached hydrogens (tertiary/aromatic N) is 1. The van der Waals surface area contributed by atoms with Gasteiger partial charge >= 0.3 is 6.18 Å². The molecule has 0 saturated carbocycles. The van der Waals surface area contributed by atoms with Crippen LogP contribution in [0.3, 0.4) is 0 Å². The van der Waals surface area contributed by atoms with Crippen LogP contribution in [0, 0.1) is 0 Å². The van der Waals surface area contributed by atoms with Gasteiger partial charge < -0.3 is 0 Å². The van der Waals surface area contributed by atoms with Crippen LogP contribution in [-0.2, 0) is 6.18 Å². The van der Waals surface area contributed by atoms with Crippen LogP contribution >= 0.6 is 15.9 Å². The third-order valence-corrected chi connectivity index (χ3v) is 2.17. The van der Waals surface area contributed by atoms with Gasteiger partial charge in [0.2, 0.25) is 0 Å². The summed E-state index contributed by atoms with van der Waals surface area (Å²) in [7, 11) is 0. The molecule has 1 rings (SSSR count). The van der Waals surface area contributed by atoms with Gasteiger partial charge in [-0.25, -0.2) is 0 Å². The van der Waals surface area contributed by atoms with Gasteiger partial charge in [0, 0.05) is 6.20 Å². The van der Waals surface area contributed by atoms with Gasteiger partial charge in [-0.3, -0.25) is 9.78 Å². The van der Waals surface area contributed by atoms with Crippen LogP contribution in [0.15, 0.2) is 16.7 Å². The highest BCUT2D eigenvalue weighted by molar-refractivity contribution is 9.10. The van der Waals surface area contributed by atoms with Crippen molar-refractivity contribution in [2.24, 2.45) is 0 Å². The minimum Gasteiger partial charge on any atom is -0.296 e. The minimum absolute atomic E-state index is 0.255. The average molecular weight is 254 g/mol. The first-order valence-corrected chi connectivity index (χ1v) is 3.93. The van der Waals surface area contributed by atoms with Crippen molar-refractivity contribution in [3.05, 3.63) is 28.0 Å². The monoisotopic (exact) mass is 253 g/mol. The van der Waals surface area contributed by atoms with E-state index in [1.54, 1.807) is 0 Å². The van der Waals surface area contributed by atoms with Crippen LogP contribution in [-0.4, -0.2) is 11.3 Å². The van der Waals surface area contributed by atoms with Gasteiger partial charge in [0.15, 0.2) is 6.29 Å². The molecule has 0 fully saturated rings. The van der Waals surface area contributed by atoms with Gasteiger partial charge in [0.05, 0.1) is 10.0 Å². The van der Waals surface area contributed by atoms with Crippen LogP contribution in [0.2, 0.25) is 0 Å². The second-order valence-electron chi connectivity index (χ2n) is 2.17. The van der Waals surface area contributed by atoms with E-state index in [4.69, 9.17) is 0 Å². The first kappa shape index (κ1) is 10.2. The Morgan fingerprint density at radius 2 is 2.08 bits per heavy atom. The van der Waals surface area contributed by atoms with Crippen molar-refractivity contribution in [1.82, 2.24) is 4.98 Å². The van der Waals surface area contributed by atoms with Crippen molar-refractivity contribution in [2.75, 3.05) is 0 Å². The highest BCUT2D eigenvalue weighted by atomic mass is 79.9. The Kier molecular flexibility index (Phi) is 2.70. The predicted molar refractivity (Wildman–Crippen MR) is 42.3 cm³/mol. The molecule has 2 nitrogen and oxygen atoms in total. The Labute approximate surface area is 79.9 Å². The SMILES string of the molecule is O=Cc1nccc(C(F)(F)F)c1Br. The lowest BCUT2D eigenvalue weighted by molar-refractivity contribution is -0.138. The van der Waals surface area contributed by atoms with Gasteiger partial charge in [0.1, 0.15) is 5.69 Å². The quantitative estimate of drug-likeness (QED) is 0.721. The zero-order valence-electron chi connectivity index (χ0n) is 6.10. The Hall–Kier alpha value is -0.910. The fourth-order valence-corrected chi connectivity index (χ4v) is 1.31. The van der Waals surface area contributed by atoms with Crippen molar-refractivity contribution in [3.8, 4) is 0 Å². The van der Waals surface area contributed by atoms with E-state index in [1.807, 2.05) is 0 Å². The molecule has 0 atom stereocenters. The van der Waals surface area contributed by atoms with E-state index in [2.05, 4.69) is 20.9 Å². The molecule has 1 heterocycles. The zero-order valence-corrected chi connectivity index (χ0v) is 7.69. The van der Waals surface area contributed by atoms with Crippen LogP contribution < -0.4 is 0 Å². The number of alkyl halides is 3. The summed E-state index contributed by atoms with van der Waals surface area (Å²) in [4.78, 5) is 13.7. The lowest BCUT2D eigenvalue weighted by atomic mass is 10.2. The number of hydrogen-bond donors (Lipinski definition) is 0. The molecule has 0 amide bonds. The van der Waals surface area contributed by atoms with E-state index >= 15 is 0 Å². The van der Waals surface area contributed by atoms with Crippen LogP contribution in [0.5, 0.6) is 0 Å². The first-order valence-electron chi connectivity index (χ1n) is 3.13. The van der Waals surface area contributed by atoms with Crippen molar-refractivity contribution in [1.29, 1.82) is 0 Å². The molecular weight excluding hydrogens is 251 g/mol. The average Bonchev–Trinajstić information content (AvgIpc) is 2.02. The van der Waals surface area contributed by atoms with Gasteiger partial charge in [0.25, 0.3) is 0 Å². The molecule has 0 saturated heterocycles. The predicted octanol–water partition coefficient (Wildman–Crippen LogP) is 2.68. The summed E-state index contributed by atoms with van der Waals surface area (Å²) in [6, 6.07) is 0.803. The van der Waals surface area contributed by atoms with Crippen molar-refractivity contribution < 1.29 is 18.0 Å². The third kappa shape index (κ3) is 2.06. The summed E-state index contributed by atoms with van der Waals surface area (Å²) in [5, 5.41) is 0. The maximum atomic E-state index is 12.2. The van der Waals surface area contributed by atoms with Gasteiger partial charge in [-0.2, -0.15) is 13.2 Å². The van der Waals surface area contributed by atoms with E-state index in [1.165, 1.54) is 0 Å². The molecular formula is C7H3BrF3NO. The van der Waals surface area contributed by atoms with Crippen molar-refractivity contribution >= 4 is 22.2 Å². The molecule has 6 heteroatoms. The summed E-state index contributed by atoms with van der Waals surface area (Å²) >= 11 is 2.66. The molecule has 1 aromatic heterocycles. The lowest BCUT2D eigenvalue weighted by Gasteiger charge is -2.08. The smallest absolute Gasteiger partial charge is 0.296 e. The van der Waals surface area contributed by atoms with E-state index < -0.39 is 11.7 Å². The summed E-state index contributed by atoms with van der Waals surface area (Å²) in [6.07, 6.45) is -3.27. The molecule has 0 spiro atoms. The van der Waals surface area contributed by atoms with Crippen LogP contribution in [0.4, 0.5) is 13.2 Å². The van der Waals surface area contributed by atoms with Crippen LogP contribution in [0.1, 0.15) is 16.1 Å². The number of halogens is 4. The Bertz CT molecular complexity index is 337. The topological polar surface area (TPSA) is 30.0 Å². The number of hydrogen-bond acceptors (Lipinski definition) is 2. The van der Waals surface area contributed by atoms with Crippen molar-refractivity contribution in [2.45, 2.75) is 6.18 Å². The second-order valence-corrected chi connectivity index (χ2v) is 2.97. The Balaban J connectivity index is 3.32. The number of rotatable bonds is 1. The lowest BCUT2D eigenvalue weighted by Crippen LogP contribution is -2.08. The van der Waals surface area contributed by atoms with E-state index in [9.17, 15) is 18.0 Å². The largest absolute Gasteiger partial charge is 0.417 e. The molecule has 0 aromatic carbocycles. The molecule has 0 aliphatic rings. The fraction of sp³-hybridized carbons (Fsp3) is 0.143. The first-order chi connectivity index (χ1) is 5.96. The number of aldehydes is 1. The Morgan fingerprint density at radius 3 is 2.54 bits per heavy atom. The number of carbonyl (C=O) groups is 1. The highest BCUT2D eigenvalue weighted by Crippen LogP contribution is 2.35. The van der Waals surface area contributed by atoms with Gasteiger partial charge in [-0.1, -0.05) is 0 Å². The molecule has 70 valence electrons. The Morgan fingerprint density at radius 1 is 1.46 bits per heavy atom. The van der Waals surface area contributed by atoms with Crippen molar-refractivity contribution in [3.63, 3.8) is 0 Å². The number of aromatic nitrogens is 1. The van der Waals surface area contributed by atoms with E-state index in [0.29, 0.717) is 0 Å². The normalized spacial score (nSPS) is 11.4. The standard InChI is InChI=1S/C7H3BrF3NO/c8-6-4(7(9,10)11)1-2-12-5(6)3-13/h1-3H. The molecule has 0 N–H and O–H groups in total. The molecule has 0 aliphatic carbocycles. The molecule has 13 heavy (non-hydrogen) atoms. The maximum Gasteiger partial charge on any atom is 0.417 e. The third-order valence-electron chi connectivity index (χ3n) is 1.33. The summed E-state index contributed by atoms with van der Waals surface area (Å²) in [5.41, 5.74) is -1.15. The molecule has 0 aliphatic heterocycles. The second kappa shape index (κ2) is 3.45. The van der Waals surface area contributed by atoms with Crippen LogP contribution in [0.25, 0.3) is 0 Å².